The number of halogens is 3. The minimum Gasteiger partial charge on any atom is -0.406 e. The van der Waals surface area contributed by atoms with Gasteiger partial charge in [-0.3, -0.25) is 4.98 Å². The van der Waals surface area contributed by atoms with Gasteiger partial charge in [0.15, 0.2) is 0 Å². The quantitative estimate of drug-likeness (QED) is 0.298. The molecule has 0 radical (unpaired) electrons. The lowest BCUT2D eigenvalue weighted by atomic mass is 10.1. The molecule has 0 aliphatic carbocycles. The molecule has 0 saturated carbocycles. The SMILES string of the molecule is COCCCCc1cc(Cn2nc(-c3nc(-c4ccc(OC(F)(F)F)cc4)no3)nc2C)ccn1. The van der Waals surface area contributed by atoms with Crippen LogP contribution in [0.2, 0.25) is 0 Å². The average Bonchev–Trinajstić information content (AvgIpc) is 3.44. The molecule has 0 saturated heterocycles. The summed E-state index contributed by atoms with van der Waals surface area (Å²) >= 11 is 0. The van der Waals surface area contributed by atoms with E-state index in [1.807, 2.05) is 19.1 Å². The first kappa shape index (κ1) is 24.3. The molecule has 3 heterocycles. The molecule has 0 spiro atoms. The van der Waals surface area contributed by atoms with Crippen molar-refractivity contribution in [2.45, 2.75) is 39.1 Å². The number of alkyl halides is 3. The maximum Gasteiger partial charge on any atom is 0.573 e. The van der Waals surface area contributed by atoms with Crippen LogP contribution in [-0.4, -0.2) is 50.0 Å². The molecule has 4 aromatic rings. The highest BCUT2D eigenvalue weighted by Crippen LogP contribution is 2.26. The number of hydrogen-bond acceptors (Lipinski definition) is 8. The van der Waals surface area contributed by atoms with E-state index in [0.29, 0.717) is 17.9 Å². The highest BCUT2D eigenvalue weighted by molar-refractivity contribution is 5.57. The van der Waals surface area contributed by atoms with E-state index < -0.39 is 6.36 Å². The Bertz CT molecular complexity index is 1250. The monoisotopic (exact) mass is 488 g/mol. The average molecular weight is 488 g/mol. The van der Waals surface area contributed by atoms with Crippen LogP contribution in [0.25, 0.3) is 23.1 Å². The lowest BCUT2D eigenvalue weighted by molar-refractivity contribution is -0.274. The largest absolute Gasteiger partial charge is 0.573 e. The number of aromatic nitrogens is 6. The molecule has 35 heavy (non-hydrogen) atoms. The van der Waals surface area contributed by atoms with E-state index in [2.05, 4.69) is 29.9 Å². The molecule has 0 N–H and O–H groups in total. The highest BCUT2D eigenvalue weighted by Gasteiger charge is 2.31. The molecule has 0 aliphatic rings. The van der Waals surface area contributed by atoms with Crippen LogP contribution in [0.15, 0.2) is 47.1 Å². The molecular formula is C23H23F3N6O3. The number of nitrogens with zero attached hydrogens (tertiary/aromatic N) is 6. The molecule has 1 aromatic carbocycles. The molecule has 0 fully saturated rings. The zero-order valence-electron chi connectivity index (χ0n) is 19.1. The first-order valence-electron chi connectivity index (χ1n) is 10.8. The first-order chi connectivity index (χ1) is 16.8. The lowest BCUT2D eigenvalue weighted by Crippen LogP contribution is -2.16. The van der Waals surface area contributed by atoms with Crippen molar-refractivity contribution in [3.63, 3.8) is 0 Å². The fourth-order valence-electron chi connectivity index (χ4n) is 3.39. The summed E-state index contributed by atoms with van der Waals surface area (Å²) in [5.74, 6) is 0.875. The van der Waals surface area contributed by atoms with Gasteiger partial charge in [0.25, 0.3) is 5.89 Å². The normalized spacial score (nSPS) is 11.7. The van der Waals surface area contributed by atoms with Gasteiger partial charge in [-0.2, -0.15) is 4.98 Å². The van der Waals surface area contributed by atoms with Crippen LogP contribution in [0.1, 0.15) is 29.9 Å². The summed E-state index contributed by atoms with van der Waals surface area (Å²) < 4.78 is 53.0. The molecule has 12 heteroatoms. The van der Waals surface area contributed by atoms with Gasteiger partial charge in [-0.1, -0.05) is 5.16 Å². The number of unbranched alkanes of at least 4 members (excludes halogenated alkanes) is 1. The molecular weight excluding hydrogens is 465 g/mol. The Morgan fingerprint density at radius 2 is 1.83 bits per heavy atom. The predicted octanol–water partition coefficient (Wildman–Crippen LogP) is 4.61. The molecule has 0 bridgehead atoms. The van der Waals surface area contributed by atoms with Crippen LogP contribution in [0, 0.1) is 6.92 Å². The summed E-state index contributed by atoms with van der Waals surface area (Å²) in [6.45, 7) is 3.05. The molecule has 0 amide bonds. The number of methoxy groups -OCH3 is 1. The third-order valence-corrected chi connectivity index (χ3v) is 5.06. The second-order valence-electron chi connectivity index (χ2n) is 7.74. The van der Waals surface area contributed by atoms with E-state index in [-0.39, 0.29) is 23.3 Å². The van der Waals surface area contributed by atoms with Gasteiger partial charge in [-0.15, -0.1) is 18.3 Å². The van der Waals surface area contributed by atoms with Gasteiger partial charge in [-0.05, 0) is 68.1 Å². The Hall–Kier alpha value is -3.80. The van der Waals surface area contributed by atoms with E-state index in [9.17, 15) is 13.2 Å². The lowest BCUT2D eigenvalue weighted by Gasteiger charge is -2.08. The maximum absolute atomic E-state index is 12.3. The van der Waals surface area contributed by atoms with Crippen LogP contribution in [0.4, 0.5) is 13.2 Å². The van der Waals surface area contributed by atoms with Crippen molar-refractivity contribution in [3.8, 4) is 28.9 Å². The Balaban J connectivity index is 1.44. The number of aryl methyl sites for hydroxylation is 2. The van der Waals surface area contributed by atoms with Crippen LogP contribution in [0.5, 0.6) is 5.75 Å². The zero-order valence-corrected chi connectivity index (χ0v) is 19.1. The third-order valence-electron chi connectivity index (χ3n) is 5.06. The van der Waals surface area contributed by atoms with Crippen molar-refractivity contribution in [2.24, 2.45) is 0 Å². The molecule has 184 valence electrons. The summed E-state index contributed by atoms with van der Waals surface area (Å²) in [6.07, 6.45) is -0.138. The summed E-state index contributed by atoms with van der Waals surface area (Å²) in [6, 6.07) is 9.14. The molecule has 4 rings (SSSR count). The van der Waals surface area contributed by atoms with Crippen LogP contribution >= 0.6 is 0 Å². The Kier molecular flexibility index (Phi) is 7.39. The van der Waals surface area contributed by atoms with Gasteiger partial charge >= 0.3 is 6.36 Å². The number of ether oxygens (including phenoxy) is 2. The van der Waals surface area contributed by atoms with Crippen LogP contribution < -0.4 is 4.74 Å². The minimum absolute atomic E-state index is 0.103. The number of rotatable bonds is 10. The number of hydrogen-bond donors (Lipinski definition) is 0. The molecule has 0 unspecified atom stereocenters. The standard InChI is InChI=1S/C23H23F3N6O3/c1-15-28-21(30-32(15)14-16-10-11-27-18(13-16)5-3-4-12-33-2)22-29-20(31-35-22)17-6-8-19(9-7-17)34-23(24,25)26/h6-11,13H,3-5,12,14H2,1-2H3. The summed E-state index contributed by atoms with van der Waals surface area (Å²) in [5, 5.41) is 8.37. The fraction of sp³-hybridized carbons (Fsp3) is 0.348. The second-order valence-corrected chi connectivity index (χ2v) is 7.74. The van der Waals surface area contributed by atoms with Crippen molar-refractivity contribution in [2.75, 3.05) is 13.7 Å². The van der Waals surface area contributed by atoms with Gasteiger partial charge in [-0.25, -0.2) is 9.67 Å². The van der Waals surface area contributed by atoms with E-state index >= 15 is 0 Å². The molecule has 3 aromatic heterocycles. The summed E-state index contributed by atoms with van der Waals surface area (Å²) in [5.41, 5.74) is 2.50. The van der Waals surface area contributed by atoms with E-state index in [4.69, 9.17) is 9.26 Å². The minimum atomic E-state index is -4.76. The topological polar surface area (TPSA) is 101 Å². The van der Waals surface area contributed by atoms with Crippen molar-refractivity contribution >= 4 is 0 Å². The number of pyridine rings is 1. The fourth-order valence-corrected chi connectivity index (χ4v) is 3.39. The van der Waals surface area contributed by atoms with Crippen molar-refractivity contribution in [1.29, 1.82) is 0 Å². The van der Waals surface area contributed by atoms with Gasteiger partial charge in [0.05, 0.1) is 6.54 Å². The Morgan fingerprint density at radius 3 is 2.57 bits per heavy atom. The second kappa shape index (κ2) is 10.6. The summed E-state index contributed by atoms with van der Waals surface area (Å²) in [4.78, 5) is 13.1. The maximum atomic E-state index is 12.3. The smallest absolute Gasteiger partial charge is 0.406 e. The van der Waals surface area contributed by atoms with E-state index in [0.717, 1.165) is 37.1 Å². The summed E-state index contributed by atoms with van der Waals surface area (Å²) in [7, 11) is 1.69. The van der Waals surface area contributed by atoms with Gasteiger partial charge in [0.2, 0.25) is 11.6 Å². The van der Waals surface area contributed by atoms with E-state index in [1.54, 1.807) is 18.0 Å². The van der Waals surface area contributed by atoms with E-state index in [1.165, 1.54) is 24.3 Å². The number of benzene rings is 1. The van der Waals surface area contributed by atoms with Crippen LogP contribution in [-0.2, 0) is 17.7 Å². The van der Waals surface area contributed by atoms with Gasteiger partial charge in [0, 0.05) is 31.2 Å². The molecule has 9 nitrogen and oxygen atoms in total. The van der Waals surface area contributed by atoms with Crippen molar-refractivity contribution in [1.82, 2.24) is 29.9 Å². The highest BCUT2D eigenvalue weighted by atomic mass is 19.4. The molecule has 0 atom stereocenters. The van der Waals surface area contributed by atoms with Crippen molar-refractivity contribution in [3.05, 3.63) is 59.7 Å². The zero-order chi connectivity index (χ0) is 24.8. The van der Waals surface area contributed by atoms with Crippen LogP contribution in [0.3, 0.4) is 0 Å². The first-order valence-corrected chi connectivity index (χ1v) is 10.8. The predicted molar refractivity (Wildman–Crippen MR) is 118 cm³/mol. The van der Waals surface area contributed by atoms with Crippen molar-refractivity contribution < 1.29 is 27.2 Å². The molecule has 0 aliphatic heterocycles. The Labute approximate surface area is 198 Å². The Morgan fingerprint density at radius 1 is 1.03 bits per heavy atom. The van der Waals surface area contributed by atoms with Gasteiger partial charge < -0.3 is 14.0 Å². The third kappa shape index (κ3) is 6.63. The van der Waals surface area contributed by atoms with Gasteiger partial charge in [0.1, 0.15) is 11.6 Å².